The summed E-state index contributed by atoms with van der Waals surface area (Å²) in [5.41, 5.74) is 2.09. The second-order valence-corrected chi connectivity index (χ2v) is 9.21. The van der Waals surface area contributed by atoms with E-state index >= 15 is 0 Å². The lowest BCUT2D eigenvalue weighted by molar-refractivity contribution is 0.0696. The highest BCUT2D eigenvalue weighted by Crippen LogP contribution is 2.48. The summed E-state index contributed by atoms with van der Waals surface area (Å²) in [6.45, 7) is 2.27. The first kappa shape index (κ1) is 20.4. The van der Waals surface area contributed by atoms with Gasteiger partial charge >= 0.3 is 5.97 Å². The molecule has 0 unspecified atom stereocenters. The number of aromatic carboxylic acids is 1. The zero-order valence-corrected chi connectivity index (χ0v) is 17.2. The van der Waals surface area contributed by atoms with Gasteiger partial charge < -0.3 is 5.11 Å². The van der Waals surface area contributed by atoms with Crippen LogP contribution in [0.5, 0.6) is 0 Å². The van der Waals surface area contributed by atoms with E-state index in [9.17, 15) is 9.90 Å². The lowest BCUT2D eigenvalue weighted by atomic mass is 9.61. The number of carbonyl (C=O) groups is 1. The average molecular weight is 371 g/mol. The van der Waals surface area contributed by atoms with Crippen molar-refractivity contribution in [3.63, 3.8) is 0 Å². The zero-order valence-electron chi connectivity index (χ0n) is 17.2. The van der Waals surface area contributed by atoms with Gasteiger partial charge in [0.1, 0.15) is 0 Å². The maximum atomic E-state index is 11.2. The molecule has 0 bridgehead atoms. The molecule has 150 valence electrons. The predicted octanol–water partition coefficient (Wildman–Crippen LogP) is 7.36. The smallest absolute Gasteiger partial charge is 0.335 e. The van der Waals surface area contributed by atoms with Gasteiger partial charge in [-0.3, -0.25) is 0 Å². The SMILES string of the molecule is CCCCCCC1(c2ccc(C(=O)O)cc2)CCC(C2CCCCC2)CC1. The number of hydrogen-bond acceptors (Lipinski definition) is 1. The third-order valence-corrected chi connectivity index (χ3v) is 7.56. The predicted molar refractivity (Wildman–Crippen MR) is 112 cm³/mol. The molecule has 1 aromatic carbocycles. The molecule has 1 N–H and O–H groups in total. The monoisotopic (exact) mass is 370 g/mol. The summed E-state index contributed by atoms with van der Waals surface area (Å²) in [6, 6.07) is 7.87. The molecule has 0 radical (unpaired) electrons. The molecule has 2 aliphatic carbocycles. The second-order valence-electron chi connectivity index (χ2n) is 9.21. The largest absolute Gasteiger partial charge is 0.478 e. The summed E-state index contributed by atoms with van der Waals surface area (Å²) in [5, 5.41) is 9.23. The van der Waals surface area contributed by atoms with E-state index in [1.807, 2.05) is 12.1 Å². The number of hydrogen-bond donors (Lipinski definition) is 1. The van der Waals surface area contributed by atoms with Gasteiger partial charge in [-0.1, -0.05) is 76.8 Å². The second kappa shape index (κ2) is 9.75. The molecule has 0 saturated heterocycles. The van der Waals surface area contributed by atoms with E-state index in [1.54, 1.807) is 0 Å². The van der Waals surface area contributed by atoms with Gasteiger partial charge in [0.15, 0.2) is 0 Å². The first-order valence-corrected chi connectivity index (χ1v) is 11.5. The van der Waals surface area contributed by atoms with Crippen LogP contribution in [0.3, 0.4) is 0 Å². The Kier molecular flexibility index (Phi) is 7.38. The Bertz CT molecular complexity index is 575. The van der Waals surface area contributed by atoms with E-state index in [2.05, 4.69) is 19.1 Å². The highest BCUT2D eigenvalue weighted by atomic mass is 16.4. The van der Waals surface area contributed by atoms with E-state index in [0.29, 0.717) is 5.56 Å². The van der Waals surface area contributed by atoms with Gasteiger partial charge in [0.25, 0.3) is 0 Å². The maximum Gasteiger partial charge on any atom is 0.335 e. The average Bonchev–Trinajstić information content (AvgIpc) is 2.72. The van der Waals surface area contributed by atoms with E-state index < -0.39 is 5.97 Å². The Morgan fingerprint density at radius 2 is 1.56 bits per heavy atom. The minimum Gasteiger partial charge on any atom is -0.478 e. The third kappa shape index (κ3) is 5.15. The molecule has 2 aliphatic rings. The summed E-state index contributed by atoms with van der Waals surface area (Å²) >= 11 is 0. The quantitative estimate of drug-likeness (QED) is 0.485. The van der Waals surface area contributed by atoms with Crippen molar-refractivity contribution in [1.82, 2.24) is 0 Å². The van der Waals surface area contributed by atoms with Gasteiger partial charge in [-0.2, -0.15) is 0 Å². The molecule has 2 nitrogen and oxygen atoms in total. The Hall–Kier alpha value is -1.31. The van der Waals surface area contributed by atoms with E-state index in [1.165, 1.54) is 95.5 Å². The zero-order chi connectivity index (χ0) is 19.1. The van der Waals surface area contributed by atoms with Crippen LogP contribution in [-0.2, 0) is 5.41 Å². The molecule has 2 heteroatoms. The van der Waals surface area contributed by atoms with Crippen molar-refractivity contribution < 1.29 is 9.90 Å². The number of rotatable bonds is 8. The van der Waals surface area contributed by atoms with Crippen molar-refractivity contribution in [2.75, 3.05) is 0 Å². The van der Waals surface area contributed by atoms with Crippen molar-refractivity contribution in [1.29, 1.82) is 0 Å². The third-order valence-electron chi connectivity index (χ3n) is 7.56. The fourth-order valence-corrected chi connectivity index (χ4v) is 5.81. The van der Waals surface area contributed by atoms with Gasteiger partial charge in [-0.25, -0.2) is 4.79 Å². The summed E-state index contributed by atoms with van der Waals surface area (Å²) in [7, 11) is 0. The summed E-state index contributed by atoms with van der Waals surface area (Å²) in [5.74, 6) is 1.10. The van der Waals surface area contributed by atoms with E-state index in [0.717, 1.165) is 11.8 Å². The summed E-state index contributed by atoms with van der Waals surface area (Å²) < 4.78 is 0. The van der Waals surface area contributed by atoms with Crippen LogP contribution in [-0.4, -0.2) is 11.1 Å². The lowest BCUT2D eigenvalue weighted by Gasteiger charge is -2.44. The van der Waals surface area contributed by atoms with Crippen molar-refractivity contribution in [3.8, 4) is 0 Å². The van der Waals surface area contributed by atoms with Crippen LogP contribution < -0.4 is 0 Å². The molecular weight excluding hydrogens is 332 g/mol. The molecule has 0 spiro atoms. The molecule has 2 fully saturated rings. The van der Waals surface area contributed by atoms with Gasteiger partial charge in [0, 0.05) is 0 Å². The molecule has 2 saturated carbocycles. The minimum atomic E-state index is -0.820. The highest BCUT2D eigenvalue weighted by Gasteiger charge is 2.38. The molecular formula is C25H38O2. The highest BCUT2D eigenvalue weighted by molar-refractivity contribution is 5.87. The number of benzene rings is 1. The summed E-state index contributed by atoms with van der Waals surface area (Å²) in [6.07, 6.45) is 19.1. The standard InChI is InChI=1S/C25H38O2/c1-2-3-4-8-17-25(23-13-11-22(12-14-23)24(26)27)18-15-21(16-19-25)20-9-6-5-7-10-20/h11-14,20-21H,2-10,15-19H2,1H3,(H,26,27). The number of carboxylic acids is 1. The van der Waals surface area contributed by atoms with E-state index in [-0.39, 0.29) is 5.41 Å². The Morgan fingerprint density at radius 3 is 2.15 bits per heavy atom. The first-order valence-electron chi connectivity index (χ1n) is 11.5. The molecule has 0 aromatic heterocycles. The van der Waals surface area contributed by atoms with Crippen LogP contribution >= 0.6 is 0 Å². The van der Waals surface area contributed by atoms with E-state index in [4.69, 9.17) is 0 Å². The fraction of sp³-hybridized carbons (Fsp3) is 0.720. The van der Waals surface area contributed by atoms with Crippen molar-refractivity contribution in [2.24, 2.45) is 11.8 Å². The Labute approximate surface area is 165 Å². The molecule has 1 aromatic rings. The van der Waals surface area contributed by atoms with Gasteiger partial charge in [-0.05, 0) is 67.1 Å². The maximum absolute atomic E-state index is 11.2. The Balaban J connectivity index is 1.70. The van der Waals surface area contributed by atoms with Gasteiger partial charge in [0.05, 0.1) is 5.56 Å². The van der Waals surface area contributed by atoms with Crippen molar-refractivity contribution in [3.05, 3.63) is 35.4 Å². The summed E-state index contributed by atoms with van der Waals surface area (Å²) in [4.78, 5) is 11.2. The molecule has 0 amide bonds. The Morgan fingerprint density at radius 1 is 0.926 bits per heavy atom. The molecule has 0 atom stereocenters. The van der Waals surface area contributed by atoms with Crippen LogP contribution in [0.15, 0.2) is 24.3 Å². The molecule has 27 heavy (non-hydrogen) atoms. The number of unbranched alkanes of at least 4 members (excludes halogenated alkanes) is 3. The first-order chi connectivity index (χ1) is 13.1. The van der Waals surface area contributed by atoms with Crippen LogP contribution in [0, 0.1) is 11.8 Å². The van der Waals surface area contributed by atoms with Crippen molar-refractivity contribution >= 4 is 5.97 Å². The topological polar surface area (TPSA) is 37.3 Å². The van der Waals surface area contributed by atoms with Gasteiger partial charge in [0.2, 0.25) is 0 Å². The number of carboxylic acid groups (broad SMARTS) is 1. The molecule has 0 aliphatic heterocycles. The van der Waals surface area contributed by atoms with Gasteiger partial charge in [-0.15, -0.1) is 0 Å². The van der Waals surface area contributed by atoms with Crippen LogP contribution in [0.2, 0.25) is 0 Å². The van der Waals surface area contributed by atoms with Crippen LogP contribution in [0.1, 0.15) is 113 Å². The molecule has 0 heterocycles. The normalized spacial score (nSPS) is 26.8. The van der Waals surface area contributed by atoms with Crippen molar-refractivity contribution in [2.45, 2.75) is 102 Å². The lowest BCUT2D eigenvalue weighted by Crippen LogP contribution is -2.34. The fourth-order valence-electron chi connectivity index (χ4n) is 5.81. The van der Waals surface area contributed by atoms with Crippen LogP contribution in [0.25, 0.3) is 0 Å². The minimum absolute atomic E-state index is 0.288. The van der Waals surface area contributed by atoms with Crippen LogP contribution in [0.4, 0.5) is 0 Å². The molecule has 3 rings (SSSR count).